The third kappa shape index (κ3) is 5.30. The van der Waals surface area contributed by atoms with Gasteiger partial charge in [0.25, 0.3) is 0 Å². The lowest BCUT2D eigenvalue weighted by Gasteiger charge is -2.07. The molecule has 0 aliphatic rings. The summed E-state index contributed by atoms with van der Waals surface area (Å²) in [4.78, 5) is 9.09. The Kier molecular flexibility index (Phi) is 7.19. The van der Waals surface area contributed by atoms with Gasteiger partial charge in [0.15, 0.2) is 0 Å². The Hall–Kier alpha value is -3.19. The van der Waals surface area contributed by atoms with Gasteiger partial charge in [0.1, 0.15) is 0 Å². The number of anilines is 2. The van der Waals surface area contributed by atoms with Gasteiger partial charge in [0.05, 0.1) is 15.9 Å². The first-order chi connectivity index (χ1) is 16.8. The van der Waals surface area contributed by atoms with Crippen molar-refractivity contribution in [1.29, 1.82) is 0 Å². The molecule has 6 heteroatoms. The summed E-state index contributed by atoms with van der Waals surface area (Å²) in [6, 6.07) is 21.6. The van der Waals surface area contributed by atoms with Crippen LogP contribution in [0.3, 0.4) is 0 Å². The fraction of sp³-hybridized carbons (Fsp3) is 0.250. The number of pyridine rings is 1. The first-order valence-corrected chi connectivity index (χ1v) is 12.8. The second-order valence-electron chi connectivity index (χ2n) is 8.66. The van der Waals surface area contributed by atoms with E-state index in [9.17, 15) is 0 Å². The van der Waals surface area contributed by atoms with Crippen LogP contribution in [0, 0.1) is 0 Å². The molecule has 0 spiro atoms. The van der Waals surface area contributed by atoms with Gasteiger partial charge in [-0.05, 0) is 73.5 Å². The molecule has 5 N–H and O–H groups in total. The number of nitrogens with zero attached hydrogens (tertiary/aromatic N) is 1. The molecule has 2 aromatic carbocycles. The minimum Gasteiger partial charge on any atom is -0.361 e. The Bertz CT molecular complexity index is 1350. The lowest BCUT2D eigenvalue weighted by atomic mass is 10.1. The summed E-state index contributed by atoms with van der Waals surface area (Å²) in [7, 11) is 0. The highest BCUT2D eigenvalue weighted by atomic mass is 32.1. The Balaban J connectivity index is 1.25. The van der Waals surface area contributed by atoms with E-state index in [1.807, 2.05) is 12.4 Å². The van der Waals surface area contributed by atoms with E-state index >= 15 is 0 Å². The van der Waals surface area contributed by atoms with Crippen LogP contribution in [0.2, 0.25) is 0 Å². The van der Waals surface area contributed by atoms with E-state index in [1.165, 1.54) is 45.4 Å². The number of H-pyrrole nitrogens is 1. The van der Waals surface area contributed by atoms with Gasteiger partial charge in [0.2, 0.25) is 0 Å². The van der Waals surface area contributed by atoms with Crippen molar-refractivity contribution in [2.45, 2.75) is 32.2 Å². The van der Waals surface area contributed by atoms with Crippen molar-refractivity contribution < 1.29 is 0 Å². The van der Waals surface area contributed by atoms with Crippen LogP contribution in [-0.2, 0) is 6.54 Å². The van der Waals surface area contributed by atoms with Gasteiger partial charge in [-0.2, -0.15) is 0 Å². The number of nitrogens with one attached hydrogen (secondary N) is 3. The van der Waals surface area contributed by atoms with E-state index in [1.54, 1.807) is 11.3 Å². The zero-order chi connectivity index (χ0) is 23.2. The molecule has 174 valence electrons. The average Bonchev–Trinajstić information content (AvgIpc) is 3.51. The molecule has 0 saturated carbocycles. The lowest BCUT2D eigenvalue weighted by Crippen LogP contribution is -2.14. The van der Waals surface area contributed by atoms with Crippen LogP contribution in [0.25, 0.3) is 31.6 Å². The third-order valence-electron chi connectivity index (χ3n) is 6.12. The van der Waals surface area contributed by atoms with E-state index in [4.69, 9.17) is 5.73 Å². The van der Waals surface area contributed by atoms with Gasteiger partial charge in [-0.1, -0.05) is 37.1 Å². The highest BCUT2D eigenvalue weighted by Gasteiger charge is 2.10. The molecule has 5 aromatic rings. The molecule has 0 amide bonds. The van der Waals surface area contributed by atoms with Crippen molar-refractivity contribution in [3.63, 3.8) is 0 Å². The number of unbranched alkanes of at least 4 members (excludes halogenated alkanes) is 3. The summed E-state index contributed by atoms with van der Waals surface area (Å²) in [5.41, 5.74) is 12.4. The first kappa shape index (κ1) is 22.6. The minimum atomic E-state index is 0.803. The van der Waals surface area contributed by atoms with Crippen molar-refractivity contribution in [3.05, 3.63) is 78.6 Å². The van der Waals surface area contributed by atoms with Gasteiger partial charge in [0, 0.05) is 40.4 Å². The third-order valence-corrected chi connectivity index (χ3v) is 7.33. The van der Waals surface area contributed by atoms with Crippen LogP contribution in [0.5, 0.6) is 0 Å². The van der Waals surface area contributed by atoms with Gasteiger partial charge in [-0.25, -0.2) is 0 Å². The summed E-state index contributed by atoms with van der Waals surface area (Å²) < 4.78 is 1.17. The summed E-state index contributed by atoms with van der Waals surface area (Å²) in [5, 5.41) is 8.34. The predicted molar refractivity (Wildman–Crippen MR) is 146 cm³/mol. The topological polar surface area (TPSA) is 78.8 Å². The smallest absolute Gasteiger partial charge is 0.0837 e. The van der Waals surface area contributed by atoms with E-state index in [0.717, 1.165) is 48.5 Å². The van der Waals surface area contributed by atoms with Crippen molar-refractivity contribution in [2.75, 3.05) is 18.4 Å². The molecule has 0 fully saturated rings. The number of aromatic nitrogens is 2. The molecular weight excluding hydrogens is 438 g/mol. The van der Waals surface area contributed by atoms with E-state index in [0.29, 0.717) is 0 Å². The van der Waals surface area contributed by atoms with Crippen LogP contribution >= 0.6 is 11.3 Å². The summed E-state index contributed by atoms with van der Waals surface area (Å²) in [6.45, 7) is 2.77. The molecular formula is C28H31N5S. The van der Waals surface area contributed by atoms with Crippen molar-refractivity contribution >= 4 is 43.8 Å². The Morgan fingerprint density at radius 1 is 0.912 bits per heavy atom. The molecule has 34 heavy (non-hydrogen) atoms. The second kappa shape index (κ2) is 10.8. The molecule has 0 saturated heterocycles. The Labute approximate surface area is 204 Å². The largest absolute Gasteiger partial charge is 0.361 e. The van der Waals surface area contributed by atoms with Crippen LogP contribution in [-0.4, -0.2) is 23.1 Å². The maximum atomic E-state index is 5.55. The Morgan fingerprint density at radius 2 is 1.79 bits per heavy atom. The van der Waals surface area contributed by atoms with Gasteiger partial charge in [-0.3, -0.25) is 4.98 Å². The fourth-order valence-corrected chi connectivity index (χ4v) is 5.32. The van der Waals surface area contributed by atoms with Gasteiger partial charge in [-0.15, -0.1) is 11.3 Å². The number of fused-ring (bicyclic) bond motifs is 2. The SMILES string of the molecule is NCCCCCCNCc1ccc(-c2cc3nccc(Nc4ccc5[nH]ccc5c4)c3s2)cc1. The molecule has 0 radical (unpaired) electrons. The number of aromatic amines is 1. The lowest BCUT2D eigenvalue weighted by molar-refractivity contribution is 0.590. The molecule has 0 aliphatic heterocycles. The van der Waals surface area contributed by atoms with Crippen molar-refractivity contribution in [1.82, 2.24) is 15.3 Å². The quantitative estimate of drug-likeness (QED) is 0.160. The summed E-state index contributed by atoms with van der Waals surface area (Å²) in [6.07, 6.45) is 8.67. The van der Waals surface area contributed by atoms with E-state index in [2.05, 4.69) is 81.3 Å². The number of hydrogen-bond acceptors (Lipinski definition) is 5. The van der Waals surface area contributed by atoms with Crippen molar-refractivity contribution in [3.8, 4) is 10.4 Å². The highest BCUT2D eigenvalue weighted by Crippen LogP contribution is 2.37. The predicted octanol–water partition coefficient (Wildman–Crippen LogP) is 6.80. The maximum Gasteiger partial charge on any atom is 0.0837 e. The fourth-order valence-electron chi connectivity index (χ4n) is 4.23. The zero-order valence-corrected chi connectivity index (χ0v) is 20.1. The van der Waals surface area contributed by atoms with Gasteiger partial charge >= 0.3 is 0 Å². The number of hydrogen-bond donors (Lipinski definition) is 4. The van der Waals surface area contributed by atoms with Crippen LogP contribution in [0.4, 0.5) is 11.4 Å². The molecule has 0 unspecified atom stereocenters. The maximum absolute atomic E-state index is 5.55. The standard InChI is InChI=1S/C28H31N5S/c29-13-3-1-2-4-14-30-19-20-5-7-21(8-6-20)27-18-26-28(34-27)25(12-16-32-26)33-23-9-10-24-22(17-23)11-15-31-24/h5-12,15-18,30-31H,1-4,13-14,19,29H2,(H,32,33). The number of thiophene rings is 1. The zero-order valence-electron chi connectivity index (χ0n) is 19.3. The van der Waals surface area contributed by atoms with Crippen LogP contribution in [0.15, 0.2) is 73.1 Å². The molecule has 0 bridgehead atoms. The minimum absolute atomic E-state index is 0.803. The molecule has 0 aliphatic carbocycles. The van der Waals surface area contributed by atoms with E-state index < -0.39 is 0 Å². The second-order valence-corrected chi connectivity index (χ2v) is 9.72. The monoisotopic (exact) mass is 469 g/mol. The summed E-state index contributed by atoms with van der Waals surface area (Å²) >= 11 is 1.78. The average molecular weight is 470 g/mol. The summed E-state index contributed by atoms with van der Waals surface area (Å²) in [5.74, 6) is 0. The van der Waals surface area contributed by atoms with Crippen molar-refractivity contribution in [2.24, 2.45) is 5.73 Å². The van der Waals surface area contributed by atoms with E-state index in [-0.39, 0.29) is 0 Å². The molecule has 5 rings (SSSR count). The molecule has 0 atom stereocenters. The normalized spacial score (nSPS) is 11.4. The van der Waals surface area contributed by atoms with Crippen LogP contribution in [0.1, 0.15) is 31.2 Å². The Morgan fingerprint density at radius 3 is 2.68 bits per heavy atom. The number of nitrogens with two attached hydrogens (primary N) is 1. The first-order valence-electron chi connectivity index (χ1n) is 12.0. The van der Waals surface area contributed by atoms with Gasteiger partial charge < -0.3 is 21.4 Å². The molecule has 3 aromatic heterocycles. The van der Waals surface area contributed by atoms with Crippen LogP contribution < -0.4 is 16.4 Å². The highest BCUT2D eigenvalue weighted by molar-refractivity contribution is 7.22. The number of rotatable bonds is 11. The molecule has 3 heterocycles. The number of benzene rings is 2. The molecule has 5 nitrogen and oxygen atoms in total.